The summed E-state index contributed by atoms with van der Waals surface area (Å²) in [6.07, 6.45) is 7.83. The predicted molar refractivity (Wildman–Crippen MR) is 75.5 cm³/mol. The van der Waals surface area contributed by atoms with Crippen LogP contribution in [0.1, 0.15) is 39.0 Å². The molecule has 102 valence electrons. The van der Waals surface area contributed by atoms with Crippen molar-refractivity contribution >= 4 is 23.2 Å². The number of nitrogens with zero attached hydrogens (tertiary/aromatic N) is 4. The average molecular weight is 280 g/mol. The van der Waals surface area contributed by atoms with Crippen molar-refractivity contribution in [1.82, 2.24) is 19.6 Å². The summed E-state index contributed by atoms with van der Waals surface area (Å²) in [5, 5.41) is 8.24. The highest BCUT2D eigenvalue weighted by atomic mass is 35.5. The molecule has 1 aliphatic rings. The number of hydrogen-bond donors (Lipinski definition) is 1. The standard InChI is InChI=1S/C13H18ClN5/c1-2-9-5-3-4-6-10(9)17-12-7-11(14)18-13-15-8-16-19(12)13/h7-10,17H,2-6H2,1H3. The summed E-state index contributed by atoms with van der Waals surface area (Å²) in [5.41, 5.74) is 0. The van der Waals surface area contributed by atoms with Crippen LogP contribution in [0, 0.1) is 5.92 Å². The molecule has 1 N–H and O–H groups in total. The molecule has 3 rings (SSSR count). The molecular weight excluding hydrogens is 262 g/mol. The minimum absolute atomic E-state index is 0.451. The molecule has 0 saturated heterocycles. The smallest absolute Gasteiger partial charge is 0.255 e. The molecule has 2 aromatic heterocycles. The fourth-order valence-corrected chi connectivity index (χ4v) is 3.14. The summed E-state index contributed by atoms with van der Waals surface area (Å²) in [6.45, 7) is 2.26. The Morgan fingerprint density at radius 2 is 2.26 bits per heavy atom. The minimum atomic E-state index is 0.451. The number of nitrogens with one attached hydrogen (secondary N) is 1. The van der Waals surface area contributed by atoms with Crippen LogP contribution in [-0.2, 0) is 0 Å². The maximum atomic E-state index is 6.04. The Kier molecular flexibility index (Phi) is 3.55. The van der Waals surface area contributed by atoms with Crippen LogP contribution >= 0.6 is 11.6 Å². The average Bonchev–Trinajstić information content (AvgIpc) is 2.87. The minimum Gasteiger partial charge on any atom is -0.367 e. The van der Waals surface area contributed by atoms with Crippen LogP contribution in [0.3, 0.4) is 0 Å². The highest BCUT2D eigenvalue weighted by Crippen LogP contribution is 2.29. The second-order valence-electron chi connectivity index (χ2n) is 5.14. The topological polar surface area (TPSA) is 55.1 Å². The van der Waals surface area contributed by atoms with Crippen molar-refractivity contribution in [3.63, 3.8) is 0 Å². The van der Waals surface area contributed by atoms with Crippen LogP contribution in [0.5, 0.6) is 0 Å². The highest BCUT2D eigenvalue weighted by molar-refractivity contribution is 6.29. The van der Waals surface area contributed by atoms with Crippen molar-refractivity contribution in [2.75, 3.05) is 5.32 Å². The van der Waals surface area contributed by atoms with Crippen LogP contribution < -0.4 is 5.32 Å². The number of rotatable bonds is 3. The Morgan fingerprint density at radius 3 is 3.11 bits per heavy atom. The van der Waals surface area contributed by atoms with Crippen LogP contribution in [0.2, 0.25) is 5.15 Å². The van der Waals surface area contributed by atoms with Gasteiger partial charge in [-0.25, -0.2) is 0 Å². The fourth-order valence-electron chi connectivity index (χ4n) is 2.96. The van der Waals surface area contributed by atoms with Crippen LogP contribution in [0.25, 0.3) is 5.78 Å². The Bertz CT molecular complexity index is 567. The molecule has 2 unspecified atom stereocenters. The van der Waals surface area contributed by atoms with Gasteiger partial charge in [-0.05, 0) is 18.8 Å². The van der Waals surface area contributed by atoms with E-state index in [9.17, 15) is 0 Å². The van der Waals surface area contributed by atoms with Gasteiger partial charge in [0.05, 0.1) is 0 Å². The maximum Gasteiger partial charge on any atom is 0.255 e. The first-order valence-corrected chi connectivity index (χ1v) is 7.28. The molecule has 0 radical (unpaired) electrons. The van der Waals surface area contributed by atoms with Crippen LogP contribution in [-0.4, -0.2) is 25.6 Å². The number of halogens is 1. The monoisotopic (exact) mass is 279 g/mol. The maximum absolute atomic E-state index is 6.04. The molecule has 2 atom stereocenters. The van der Waals surface area contributed by atoms with E-state index in [4.69, 9.17) is 11.6 Å². The molecule has 0 aromatic carbocycles. The van der Waals surface area contributed by atoms with Gasteiger partial charge in [-0.1, -0.05) is 37.8 Å². The van der Waals surface area contributed by atoms with Crippen molar-refractivity contribution in [2.24, 2.45) is 5.92 Å². The van der Waals surface area contributed by atoms with E-state index in [1.807, 2.05) is 6.07 Å². The zero-order chi connectivity index (χ0) is 13.2. The van der Waals surface area contributed by atoms with Gasteiger partial charge < -0.3 is 5.32 Å². The van der Waals surface area contributed by atoms with Crippen LogP contribution in [0.4, 0.5) is 5.82 Å². The van der Waals surface area contributed by atoms with Crippen molar-refractivity contribution < 1.29 is 0 Å². The third kappa shape index (κ3) is 2.52. The second-order valence-corrected chi connectivity index (χ2v) is 5.53. The molecule has 2 heterocycles. The van der Waals surface area contributed by atoms with Gasteiger partial charge in [0.1, 0.15) is 17.3 Å². The van der Waals surface area contributed by atoms with E-state index in [2.05, 4.69) is 27.3 Å². The van der Waals surface area contributed by atoms with E-state index in [1.54, 1.807) is 4.52 Å². The van der Waals surface area contributed by atoms with E-state index in [1.165, 1.54) is 38.4 Å². The molecule has 0 amide bonds. The quantitative estimate of drug-likeness (QED) is 0.877. The zero-order valence-electron chi connectivity index (χ0n) is 11.0. The molecular formula is C13H18ClN5. The van der Waals surface area contributed by atoms with Gasteiger partial charge in [0.15, 0.2) is 0 Å². The van der Waals surface area contributed by atoms with E-state index in [0.717, 1.165) is 11.7 Å². The summed E-state index contributed by atoms with van der Waals surface area (Å²) in [5.74, 6) is 2.15. The van der Waals surface area contributed by atoms with Crippen molar-refractivity contribution in [1.29, 1.82) is 0 Å². The van der Waals surface area contributed by atoms with Gasteiger partial charge in [-0.2, -0.15) is 19.6 Å². The van der Waals surface area contributed by atoms with E-state index < -0.39 is 0 Å². The van der Waals surface area contributed by atoms with Gasteiger partial charge in [0.25, 0.3) is 5.78 Å². The second kappa shape index (κ2) is 5.33. The summed E-state index contributed by atoms with van der Waals surface area (Å²) in [4.78, 5) is 8.23. The summed E-state index contributed by atoms with van der Waals surface area (Å²) in [7, 11) is 0. The molecule has 1 saturated carbocycles. The lowest BCUT2D eigenvalue weighted by atomic mass is 9.83. The fraction of sp³-hybridized carbons (Fsp3) is 0.615. The number of fused-ring (bicyclic) bond motifs is 1. The van der Waals surface area contributed by atoms with Crippen molar-refractivity contribution in [3.8, 4) is 0 Å². The summed E-state index contributed by atoms with van der Waals surface area (Å²) >= 11 is 6.04. The predicted octanol–water partition coefficient (Wildman–Crippen LogP) is 3.16. The lowest BCUT2D eigenvalue weighted by Gasteiger charge is -2.32. The first-order valence-electron chi connectivity index (χ1n) is 6.90. The van der Waals surface area contributed by atoms with Gasteiger partial charge in [-0.3, -0.25) is 0 Å². The summed E-state index contributed by atoms with van der Waals surface area (Å²) in [6, 6.07) is 2.31. The van der Waals surface area contributed by atoms with E-state index in [-0.39, 0.29) is 0 Å². The Labute approximate surface area is 117 Å². The Morgan fingerprint density at radius 1 is 1.42 bits per heavy atom. The molecule has 1 fully saturated rings. The molecule has 6 heteroatoms. The van der Waals surface area contributed by atoms with Crippen molar-refractivity contribution in [3.05, 3.63) is 17.5 Å². The molecule has 19 heavy (non-hydrogen) atoms. The van der Waals surface area contributed by atoms with Gasteiger partial charge >= 0.3 is 0 Å². The number of hydrogen-bond acceptors (Lipinski definition) is 4. The zero-order valence-corrected chi connectivity index (χ0v) is 11.8. The third-order valence-corrected chi connectivity index (χ3v) is 4.18. The molecule has 0 bridgehead atoms. The van der Waals surface area contributed by atoms with Gasteiger partial charge in [-0.15, -0.1) is 0 Å². The van der Waals surface area contributed by atoms with Crippen molar-refractivity contribution in [2.45, 2.75) is 45.1 Å². The highest BCUT2D eigenvalue weighted by Gasteiger charge is 2.24. The molecule has 0 spiro atoms. The normalized spacial score (nSPS) is 23.7. The molecule has 5 nitrogen and oxygen atoms in total. The molecule has 2 aromatic rings. The largest absolute Gasteiger partial charge is 0.367 e. The van der Waals surface area contributed by atoms with Crippen LogP contribution in [0.15, 0.2) is 12.4 Å². The van der Waals surface area contributed by atoms with Gasteiger partial charge in [0, 0.05) is 12.1 Å². The number of aromatic nitrogens is 4. The van der Waals surface area contributed by atoms with E-state index in [0.29, 0.717) is 17.0 Å². The first kappa shape index (κ1) is 12.7. The third-order valence-electron chi connectivity index (χ3n) is 3.99. The SMILES string of the molecule is CCC1CCCCC1Nc1cc(Cl)nc2ncnn12. The molecule has 0 aliphatic heterocycles. The lowest BCUT2D eigenvalue weighted by Crippen LogP contribution is -2.32. The molecule has 1 aliphatic carbocycles. The number of anilines is 1. The Hall–Kier alpha value is -1.36. The van der Waals surface area contributed by atoms with E-state index >= 15 is 0 Å². The summed E-state index contributed by atoms with van der Waals surface area (Å²) < 4.78 is 1.72. The lowest BCUT2D eigenvalue weighted by molar-refractivity contribution is 0.316. The first-order chi connectivity index (χ1) is 9.28. The Balaban J connectivity index is 1.89. The van der Waals surface area contributed by atoms with Gasteiger partial charge in [0.2, 0.25) is 0 Å².